The first-order valence-electron chi connectivity index (χ1n) is 18.9. The van der Waals surface area contributed by atoms with Crippen LogP contribution in [-0.2, 0) is 33.3 Å². The quantitative estimate of drug-likeness (QED) is 0.0152. The number of β-amino-alcohol motifs (C(OH)–C–C–N with tert-alkyl or cyclic N) is 1. The maximum atomic E-state index is 13.8. The number of carbonyl (C=O) groups is 2. The zero-order chi connectivity index (χ0) is 41.0. The Morgan fingerprint density at radius 3 is 2.48 bits per heavy atom. The first-order chi connectivity index (χ1) is 26.8. The van der Waals surface area contributed by atoms with Gasteiger partial charge in [0.1, 0.15) is 24.5 Å². The molecule has 3 fully saturated rings. The van der Waals surface area contributed by atoms with E-state index in [1.54, 1.807) is 17.1 Å². The van der Waals surface area contributed by atoms with Crippen LogP contribution in [0, 0.1) is 23.7 Å². The number of nitrogens with one attached hydrogen (secondary N) is 2. The van der Waals surface area contributed by atoms with Crippen LogP contribution in [0.4, 0.5) is 0 Å². The number of aliphatic carboxylic acids is 1. The Kier molecular flexibility index (Phi) is 17.4. The lowest BCUT2D eigenvalue weighted by Crippen LogP contribution is -2.69. The molecule has 0 bridgehead atoms. The fourth-order valence-electron chi connectivity index (χ4n) is 7.46. The van der Waals surface area contributed by atoms with Crippen molar-refractivity contribution in [1.82, 2.24) is 15.5 Å². The molecule has 0 radical (unpaired) electrons. The van der Waals surface area contributed by atoms with Crippen LogP contribution in [0.1, 0.15) is 32.1 Å². The number of aliphatic hydroxyl groups excluding tert-OH is 5. The lowest BCUT2D eigenvalue weighted by atomic mass is 9.79. The Hall–Kier alpha value is -3.25. The summed E-state index contributed by atoms with van der Waals surface area (Å²) in [7, 11) is 1.43. The predicted molar refractivity (Wildman–Crippen MR) is 196 cm³/mol. The number of aliphatic imine (C=N–C) groups is 1. The van der Waals surface area contributed by atoms with Gasteiger partial charge in [-0.05, 0) is 39.2 Å². The number of piperidine rings is 1. The number of aliphatic hydroxyl groups is 7. The Labute approximate surface area is 325 Å². The Bertz CT molecular complexity index is 1370. The number of carbonyl (C=O) groups excluding carboxylic acids is 1. The van der Waals surface area contributed by atoms with Gasteiger partial charge < -0.3 is 75.6 Å². The standard InChI is InChI=1S/C36H59N5O15/c1-3-22-23(10-9-20-15-41(12-14-43)16-24(31(47)48)28(20)40-35(37)39-11-6-13-42)25(32(49)53-21-7-4-5-8-21)19-52-33(22)56-34-30(55-27(18-45)38-2)36(50,51)29(46)26(17-44)54-34/h3,9-10,19-24,26-30,33-34,38,42-46,50-51H,1,4-8,11-18H2,2H3,(H,47,48)(H3,37,39,40)/t20?,22-,23+,24?,26-,27-,28?,29-,30-,33-,34+/m1/s1. The van der Waals surface area contributed by atoms with Crippen LogP contribution in [0.5, 0.6) is 0 Å². The zero-order valence-corrected chi connectivity index (χ0v) is 31.5. The van der Waals surface area contributed by atoms with Crippen molar-refractivity contribution in [2.45, 2.75) is 87.2 Å². The number of rotatable bonds is 19. The number of likely N-dealkylation sites (N-methyl/N-ethyl adjacent to an activating group) is 1. The number of carboxylic acids is 1. The van der Waals surface area contributed by atoms with Crippen molar-refractivity contribution in [2.75, 3.05) is 59.7 Å². The van der Waals surface area contributed by atoms with Gasteiger partial charge in [-0.1, -0.05) is 18.2 Å². The van der Waals surface area contributed by atoms with Crippen molar-refractivity contribution in [1.29, 1.82) is 0 Å². The highest BCUT2D eigenvalue weighted by Gasteiger charge is 2.58. The summed E-state index contributed by atoms with van der Waals surface area (Å²) in [6, 6.07) is -0.798. The minimum Gasteiger partial charge on any atom is -0.481 e. The van der Waals surface area contributed by atoms with Crippen LogP contribution in [-0.4, -0.2) is 178 Å². The van der Waals surface area contributed by atoms with Gasteiger partial charge in [-0.25, -0.2) is 4.79 Å². The van der Waals surface area contributed by atoms with E-state index in [2.05, 4.69) is 22.2 Å². The van der Waals surface area contributed by atoms with Gasteiger partial charge in [0.05, 0.1) is 49.5 Å². The number of hydrogen-bond donors (Lipinski definition) is 11. The van der Waals surface area contributed by atoms with Crippen LogP contribution in [0.2, 0.25) is 0 Å². The number of carboxylic acid groups (broad SMARTS) is 1. The summed E-state index contributed by atoms with van der Waals surface area (Å²) >= 11 is 0. The summed E-state index contributed by atoms with van der Waals surface area (Å²) in [5, 5.41) is 87.2. The second-order valence-electron chi connectivity index (χ2n) is 14.3. The monoisotopic (exact) mass is 801 g/mol. The van der Waals surface area contributed by atoms with E-state index < -0.39 is 97.8 Å². The van der Waals surface area contributed by atoms with Crippen LogP contribution < -0.4 is 16.4 Å². The molecule has 0 aromatic carbocycles. The number of hydrogen-bond acceptors (Lipinski definition) is 17. The van der Waals surface area contributed by atoms with E-state index in [9.17, 15) is 50.4 Å². The molecule has 56 heavy (non-hydrogen) atoms. The molecule has 20 nitrogen and oxygen atoms in total. The molecule has 2 saturated heterocycles. The number of nitrogens with zero attached hydrogens (tertiary/aromatic N) is 2. The largest absolute Gasteiger partial charge is 0.481 e. The van der Waals surface area contributed by atoms with E-state index in [-0.39, 0.29) is 57.0 Å². The summed E-state index contributed by atoms with van der Waals surface area (Å²) < 4.78 is 29.4. The van der Waals surface area contributed by atoms with E-state index in [0.717, 1.165) is 19.1 Å². The van der Waals surface area contributed by atoms with Crippen molar-refractivity contribution in [3.8, 4) is 0 Å². The molecule has 0 spiro atoms. The third-order valence-corrected chi connectivity index (χ3v) is 10.5. The molecule has 1 aliphatic carbocycles. The van der Waals surface area contributed by atoms with Crippen LogP contribution >= 0.6 is 0 Å². The van der Waals surface area contributed by atoms with Gasteiger partial charge in [0.25, 0.3) is 0 Å². The molecule has 4 rings (SSSR count). The molecule has 0 aromatic rings. The predicted octanol–water partition coefficient (Wildman–Crippen LogP) is -3.33. The van der Waals surface area contributed by atoms with Crippen molar-refractivity contribution >= 4 is 17.9 Å². The molecule has 318 valence electrons. The zero-order valence-electron chi connectivity index (χ0n) is 31.5. The molecule has 20 heteroatoms. The lowest BCUT2D eigenvalue weighted by Gasteiger charge is -2.48. The molecular formula is C36H59N5O15. The Morgan fingerprint density at radius 1 is 1.14 bits per heavy atom. The van der Waals surface area contributed by atoms with Gasteiger partial charge in [0.2, 0.25) is 12.1 Å². The van der Waals surface area contributed by atoms with Crippen LogP contribution in [0.3, 0.4) is 0 Å². The van der Waals surface area contributed by atoms with Gasteiger partial charge in [-0.2, -0.15) is 0 Å². The number of nitrogens with two attached hydrogens (primary N) is 1. The smallest absolute Gasteiger partial charge is 0.338 e. The molecule has 0 amide bonds. The van der Waals surface area contributed by atoms with E-state index in [4.69, 9.17) is 29.4 Å². The number of guanidine groups is 1. The van der Waals surface area contributed by atoms with Crippen LogP contribution in [0.15, 0.2) is 41.6 Å². The average molecular weight is 802 g/mol. The number of allylic oxidation sites excluding steroid dienone is 1. The van der Waals surface area contributed by atoms with Gasteiger partial charge in [0.15, 0.2) is 18.4 Å². The first kappa shape index (κ1) is 45.5. The van der Waals surface area contributed by atoms with Gasteiger partial charge in [-0.15, -0.1) is 6.58 Å². The van der Waals surface area contributed by atoms with E-state index in [1.165, 1.54) is 13.1 Å². The third-order valence-electron chi connectivity index (χ3n) is 10.5. The van der Waals surface area contributed by atoms with E-state index in [0.29, 0.717) is 19.3 Å². The molecule has 3 aliphatic heterocycles. The summed E-state index contributed by atoms with van der Waals surface area (Å²) in [6.07, 6.45) is -0.562. The maximum Gasteiger partial charge on any atom is 0.338 e. The van der Waals surface area contributed by atoms with E-state index >= 15 is 0 Å². The molecule has 3 unspecified atom stereocenters. The van der Waals surface area contributed by atoms with Crippen LogP contribution in [0.25, 0.3) is 0 Å². The number of esters is 1. The minimum atomic E-state index is -3.06. The summed E-state index contributed by atoms with van der Waals surface area (Å²) in [4.78, 5) is 32.4. The summed E-state index contributed by atoms with van der Waals surface area (Å²) in [5.41, 5.74) is 6.25. The second kappa shape index (κ2) is 21.5. The van der Waals surface area contributed by atoms with Gasteiger partial charge in [0, 0.05) is 44.6 Å². The maximum absolute atomic E-state index is 13.8. The highest BCUT2D eigenvalue weighted by Crippen LogP contribution is 2.39. The number of ether oxygens (including phenoxy) is 5. The first-order valence-corrected chi connectivity index (χ1v) is 18.9. The lowest BCUT2D eigenvalue weighted by molar-refractivity contribution is -0.416. The number of likely N-dealkylation sites (tertiary alicyclic amines) is 1. The van der Waals surface area contributed by atoms with Crippen molar-refractivity contribution in [3.05, 3.63) is 36.6 Å². The summed E-state index contributed by atoms with van der Waals surface area (Å²) in [5.74, 6) is -8.28. The molecule has 11 atom stereocenters. The summed E-state index contributed by atoms with van der Waals surface area (Å²) in [6.45, 7) is 2.93. The topological polar surface area (TPSA) is 308 Å². The molecule has 12 N–H and O–H groups in total. The normalized spacial score (nSPS) is 33.4. The Morgan fingerprint density at radius 2 is 1.88 bits per heavy atom. The molecule has 3 heterocycles. The van der Waals surface area contributed by atoms with Crippen molar-refractivity contribution in [3.63, 3.8) is 0 Å². The second-order valence-corrected chi connectivity index (χ2v) is 14.3. The van der Waals surface area contributed by atoms with E-state index in [1.807, 2.05) is 0 Å². The third kappa shape index (κ3) is 11.2. The fourth-order valence-corrected chi connectivity index (χ4v) is 7.46. The Balaban J connectivity index is 1.73. The highest BCUT2D eigenvalue weighted by atomic mass is 16.8. The van der Waals surface area contributed by atoms with Crippen molar-refractivity contribution in [2.24, 2.45) is 34.4 Å². The van der Waals surface area contributed by atoms with Crippen molar-refractivity contribution < 1.29 is 74.1 Å². The SMILES string of the molecule is C=C[C@H]1[C@@H](O[C@@H]2O[C@H](CO)[C@@H](O)C(O)(O)[C@@H]2O[C@H](CO)NC)OC=C(C(=O)OC2CCCC2)[C@H]1C=CC1CN(CCO)CC(C(=O)O)C1NC(N)=NCCCO. The molecule has 0 aromatic heterocycles. The highest BCUT2D eigenvalue weighted by molar-refractivity contribution is 5.89. The van der Waals surface area contributed by atoms with Gasteiger partial charge in [-0.3, -0.25) is 20.0 Å². The van der Waals surface area contributed by atoms with Gasteiger partial charge >= 0.3 is 11.9 Å². The fraction of sp³-hybridized carbons (Fsp3) is 0.750. The molecular weight excluding hydrogens is 742 g/mol. The molecule has 1 saturated carbocycles. The average Bonchev–Trinajstić information content (AvgIpc) is 3.69. The minimum absolute atomic E-state index is 0.0194. The molecule has 4 aliphatic rings.